The van der Waals surface area contributed by atoms with E-state index in [9.17, 15) is 14.4 Å². The van der Waals surface area contributed by atoms with E-state index >= 15 is 0 Å². The minimum atomic E-state index is -0.836. The van der Waals surface area contributed by atoms with Gasteiger partial charge in [-0.05, 0) is 65.0 Å². The van der Waals surface area contributed by atoms with Gasteiger partial charge >= 0.3 is 6.09 Å². The molecular formula is C27H45N3O4. The van der Waals surface area contributed by atoms with Gasteiger partial charge in [-0.1, -0.05) is 57.9 Å². The molecule has 34 heavy (non-hydrogen) atoms. The summed E-state index contributed by atoms with van der Waals surface area (Å²) < 4.78 is 5.40. The third-order valence-corrected chi connectivity index (χ3v) is 5.50. The molecule has 0 aliphatic carbocycles. The third kappa shape index (κ3) is 8.99. The van der Waals surface area contributed by atoms with E-state index in [-0.39, 0.29) is 23.8 Å². The van der Waals surface area contributed by atoms with Crippen LogP contribution in [0.4, 0.5) is 4.79 Å². The molecule has 1 aromatic rings. The Balaban J connectivity index is 3.37. The van der Waals surface area contributed by atoms with E-state index in [4.69, 9.17) is 4.74 Å². The van der Waals surface area contributed by atoms with Gasteiger partial charge in [-0.25, -0.2) is 4.79 Å². The van der Waals surface area contributed by atoms with Crippen LogP contribution in [0.15, 0.2) is 24.3 Å². The number of amides is 3. The summed E-state index contributed by atoms with van der Waals surface area (Å²) in [5.74, 6) is -0.730. The van der Waals surface area contributed by atoms with Crippen LogP contribution < -0.4 is 10.6 Å². The number of nitrogens with one attached hydrogen (secondary N) is 2. The van der Waals surface area contributed by atoms with Gasteiger partial charge in [-0.3, -0.25) is 9.59 Å². The van der Waals surface area contributed by atoms with Gasteiger partial charge in [0, 0.05) is 12.6 Å². The smallest absolute Gasteiger partial charge is 0.408 e. The van der Waals surface area contributed by atoms with Crippen molar-refractivity contribution in [1.82, 2.24) is 15.5 Å². The third-order valence-electron chi connectivity index (χ3n) is 5.50. The van der Waals surface area contributed by atoms with Crippen LogP contribution in [0.3, 0.4) is 0 Å². The second-order valence-corrected chi connectivity index (χ2v) is 10.5. The molecule has 0 aromatic heterocycles. The fourth-order valence-electron chi connectivity index (χ4n) is 3.78. The second-order valence-electron chi connectivity index (χ2n) is 10.5. The molecule has 0 heterocycles. The van der Waals surface area contributed by atoms with Crippen LogP contribution in [0.5, 0.6) is 0 Å². The molecule has 0 bridgehead atoms. The average Bonchev–Trinajstić information content (AvgIpc) is 2.71. The number of aryl methyl sites for hydroxylation is 1. The zero-order valence-corrected chi connectivity index (χ0v) is 22.5. The summed E-state index contributed by atoms with van der Waals surface area (Å²) in [6.45, 7) is 17.4. The number of alkyl carbamates (subject to hydrolysis) is 1. The number of carbonyl (C=O) groups excluding carboxylic acids is 3. The maximum Gasteiger partial charge on any atom is 0.408 e. The SMILES string of the molecule is CCCCCNC(=O)C(c1ccccc1C)N(C(=O)C(NC(=O)OC(C)(C)C)C(C)C)C(C)C. The molecule has 1 rings (SSSR count). The molecule has 2 N–H and O–H groups in total. The Labute approximate surface area is 206 Å². The summed E-state index contributed by atoms with van der Waals surface area (Å²) in [5, 5.41) is 5.77. The number of unbranched alkanes of at least 4 members (excludes halogenated alkanes) is 2. The Morgan fingerprint density at radius 3 is 2.15 bits per heavy atom. The molecule has 0 aliphatic rings. The molecular weight excluding hydrogens is 430 g/mol. The lowest BCUT2D eigenvalue weighted by atomic mass is 9.95. The number of nitrogens with zero attached hydrogens (tertiary/aromatic N) is 1. The predicted molar refractivity (Wildman–Crippen MR) is 136 cm³/mol. The minimum absolute atomic E-state index is 0.202. The van der Waals surface area contributed by atoms with E-state index < -0.39 is 23.8 Å². The quantitative estimate of drug-likeness (QED) is 0.434. The molecule has 1 aromatic carbocycles. The molecule has 7 nitrogen and oxygen atoms in total. The van der Waals surface area contributed by atoms with Crippen LogP contribution in [0, 0.1) is 12.8 Å². The van der Waals surface area contributed by atoms with Crippen molar-refractivity contribution < 1.29 is 19.1 Å². The first-order chi connectivity index (χ1) is 15.8. The van der Waals surface area contributed by atoms with E-state index in [1.165, 1.54) is 0 Å². The van der Waals surface area contributed by atoms with E-state index in [0.717, 1.165) is 30.4 Å². The summed E-state index contributed by atoms with van der Waals surface area (Å²) >= 11 is 0. The molecule has 0 fully saturated rings. The number of hydrogen-bond acceptors (Lipinski definition) is 4. The standard InChI is InChI=1S/C27H45N3O4/c1-10-11-14-17-28-24(31)23(21-16-13-12-15-20(21)6)30(19(4)5)25(32)22(18(2)3)29-26(33)34-27(7,8)9/h12-13,15-16,18-19,22-23H,10-11,14,17H2,1-9H3,(H,28,31)(H,29,33). The Hall–Kier alpha value is -2.57. The molecule has 2 atom stereocenters. The fourth-order valence-corrected chi connectivity index (χ4v) is 3.78. The summed E-state index contributed by atoms with van der Waals surface area (Å²) in [6.07, 6.45) is 2.31. The van der Waals surface area contributed by atoms with E-state index in [2.05, 4.69) is 17.6 Å². The number of hydrogen-bond donors (Lipinski definition) is 2. The molecule has 7 heteroatoms. The maximum atomic E-state index is 13.9. The Bertz CT molecular complexity index is 814. The monoisotopic (exact) mass is 475 g/mol. The molecule has 0 aliphatic heterocycles. The van der Waals surface area contributed by atoms with Gasteiger partial charge in [0.15, 0.2) is 0 Å². The highest BCUT2D eigenvalue weighted by Gasteiger charge is 2.39. The largest absolute Gasteiger partial charge is 0.444 e. The molecule has 0 radical (unpaired) electrons. The second kappa shape index (κ2) is 13.4. The molecule has 2 unspecified atom stereocenters. The lowest BCUT2D eigenvalue weighted by Gasteiger charge is -2.38. The summed E-state index contributed by atoms with van der Waals surface area (Å²) in [7, 11) is 0. The Morgan fingerprint density at radius 1 is 1.03 bits per heavy atom. The van der Waals surface area contributed by atoms with E-state index in [1.807, 2.05) is 58.9 Å². The lowest BCUT2D eigenvalue weighted by molar-refractivity contribution is -0.145. The lowest BCUT2D eigenvalue weighted by Crippen LogP contribution is -2.56. The van der Waals surface area contributed by atoms with Crippen LogP contribution in [-0.2, 0) is 14.3 Å². The van der Waals surface area contributed by atoms with Crippen molar-refractivity contribution in [3.63, 3.8) is 0 Å². The minimum Gasteiger partial charge on any atom is -0.444 e. The number of rotatable bonds is 11. The van der Waals surface area contributed by atoms with Crippen molar-refractivity contribution in [2.45, 2.75) is 105 Å². The average molecular weight is 476 g/mol. The van der Waals surface area contributed by atoms with Crippen LogP contribution in [0.1, 0.15) is 91.8 Å². The van der Waals surface area contributed by atoms with Crippen molar-refractivity contribution in [2.24, 2.45) is 5.92 Å². The number of ether oxygens (including phenoxy) is 1. The molecule has 0 saturated carbocycles. The van der Waals surface area contributed by atoms with Crippen molar-refractivity contribution in [3.8, 4) is 0 Å². The van der Waals surface area contributed by atoms with Gasteiger partial charge in [-0.2, -0.15) is 0 Å². The zero-order chi connectivity index (χ0) is 26.1. The van der Waals surface area contributed by atoms with Crippen LogP contribution in [0.2, 0.25) is 0 Å². The number of carbonyl (C=O) groups is 3. The highest BCUT2D eigenvalue weighted by atomic mass is 16.6. The summed E-state index contributed by atoms with van der Waals surface area (Å²) in [4.78, 5) is 41.5. The van der Waals surface area contributed by atoms with Gasteiger partial charge in [0.05, 0.1) is 0 Å². The zero-order valence-electron chi connectivity index (χ0n) is 22.5. The highest BCUT2D eigenvalue weighted by Crippen LogP contribution is 2.28. The van der Waals surface area contributed by atoms with Crippen LogP contribution in [0.25, 0.3) is 0 Å². The van der Waals surface area contributed by atoms with Crippen molar-refractivity contribution in [1.29, 1.82) is 0 Å². The normalized spacial score (nSPS) is 13.4. The van der Waals surface area contributed by atoms with Gasteiger partial charge in [0.2, 0.25) is 11.8 Å². The first kappa shape index (κ1) is 29.5. The van der Waals surface area contributed by atoms with Gasteiger partial charge in [0.1, 0.15) is 17.7 Å². The van der Waals surface area contributed by atoms with Crippen LogP contribution in [-0.4, -0.2) is 47.0 Å². The molecule has 0 spiro atoms. The maximum absolute atomic E-state index is 13.9. The van der Waals surface area contributed by atoms with Gasteiger partial charge in [-0.15, -0.1) is 0 Å². The fraction of sp³-hybridized carbons (Fsp3) is 0.667. The Morgan fingerprint density at radius 2 is 1.65 bits per heavy atom. The van der Waals surface area contributed by atoms with Crippen molar-refractivity contribution in [2.75, 3.05) is 6.54 Å². The first-order valence-electron chi connectivity index (χ1n) is 12.4. The van der Waals surface area contributed by atoms with Crippen molar-refractivity contribution >= 4 is 17.9 Å². The summed E-state index contributed by atoms with van der Waals surface area (Å²) in [5.41, 5.74) is 1.02. The Kier molecular flexibility index (Phi) is 11.6. The highest BCUT2D eigenvalue weighted by molar-refractivity contribution is 5.92. The van der Waals surface area contributed by atoms with Gasteiger partial charge in [0.25, 0.3) is 0 Å². The summed E-state index contributed by atoms with van der Waals surface area (Å²) in [6, 6.07) is 5.70. The van der Waals surface area contributed by atoms with E-state index in [1.54, 1.807) is 25.7 Å². The predicted octanol–water partition coefficient (Wildman–Crippen LogP) is 5.13. The van der Waals surface area contributed by atoms with Crippen molar-refractivity contribution in [3.05, 3.63) is 35.4 Å². The molecule has 192 valence electrons. The van der Waals surface area contributed by atoms with Crippen LogP contribution >= 0.6 is 0 Å². The first-order valence-corrected chi connectivity index (χ1v) is 12.4. The molecule has 3 amide bonds. The molecule has 0 saturated heterocycles. The van der Waals surface area contributed by atoms with E-state index in [0.29, 0.717) is 6.54 Å². The van der Waals surface area contributed by atoms with Gasteiger partial charge < -0.3 is 20.3 Å². The topological polar surface area (TPSA) is 87.7 Å². The number of benzene rings is 1.